The Morgan fingerprint density at radius 2 is 0.458 bits per heavy atom. The van der Waals surface area contributed by atoms with Crippen molar-refractivity contribution in [3.63, 3.8) is 0 Å². The van der Waals surface area contributed by atoms with E-state index in [-0.39, 0.29) is 21.5 Å². The zero-order chi connectivity index (χ0) is 35.0. The Kier molecular flexibility index (Phi) is 5.57. The van der Waals surface area contributed by atoms with Gasteiger partial charge in [-0.1, -0.05) is 0 Å². The number of hydrogen-bond acceptors (Lipinski definition) is 8. The summed E-state index contributed by atoms with van der Waals surface area (Å²) < 4.78 is 0. The molecule has 0 heterocycles. The van der Waals surface area contributed by atoms with E-state index in [1.165, 1.54) is 0 Å². The van der Waals surface area contributed by atoms with Crippen LogP contribution in [0.1, 0.15) is 82.9 Å². The highest BCUT2D eigenvalue weighted by atomic mass is 16.4. The summed E-state index contributed by atoms with van der Waals surface area (Å²) in [5, 5.41) is 76.5. The van der Waals surface area contributed by atoms with Crippen LogP contribution in [-0.2, 0) is 0 Å². The van der Waals surface area contributed by atoms with Crippen molar-refractivity contribution in [3.05, 3.63) is 68.8 Å². The molecular weight excluding hydrogens is 640 g/mol. The van der Waals surface area contributed by atoms with Crippen LogP contribution in [0.3, 0.4) is 0 Å². The molecule has 0 saturated heterocycles. The zero-order valence-corrected chi connectivity index (χ0v) is 23.2. The van der Waals surface area contributed by atoms with Gasteiger partial charge in [-0.05, 0) is 67.4 Å². The highest BCUT2D eigenvalue weighted by Gasteiger charge is 2.37. The highest BCUT2D eigenvalue weighted by molar-refractivity contribution is 6.51. The van der Waals surface area contributed by atoms with Gasteiger partial charge in [0.2, 0.25) is 0 Å². The van der Waals surface area contributed by atoms with Crippen molar-refractivity contribution in [1.29, 1.82) is 0 Å². The second kappa shape index (κ2) is 9.10. The fourth-order valence-electron chi connectivity index (χ4n) is 7.20. The van der Waals surface area contributed by atoms with E-state index in [0.29, 0.717) is 0 Å². The number of aromatic carboxylic acids is 8. The van der Waals surface area contributed by atoms with Gasteiger partial charge in [0, 0.05) is 21.5 Å². The first-order chi connectivity index (χ1) is 22.5. The maximum atomic E-state index is 12.8. The third-order valence-corrected chi connectivity index (χ3v) is 8.66. The molecule has 48 heavy (non-hydrogen) atoms. The maximum Gasteiger partial charge on any atom is 0.337 e. The SMILES string of the molecule is O=C(O)c1c(C(=O)O)c2cc(C(=O)O)c3c(C(=O)O)cc4c(C(=O)O)c(C(=O)O)c5cc(C(=O)O)c6c(C(=O)O)cc1c1c2c3c4c5c61. The lowest BCUT2D eigenvalue weighted by Crippen LogP contribution is -2.16. The number of carbonyl (C=O) groups is 8. The van der Waals surface area contributed by atoms with Crippen molar-refractivity contribution in [2.45, 2.75) is 0 Å². The van der Waals surface area contributed by atoms with Crippen LogP contribution in [0.2, 0.25) is 0 Å². The molecule has 0 aliphatic heterocycles. The lowest BCUT2D eigenvalue weighted by Gasteiger charge is -2.26. The molecule has 7 rings (SSSR count). The van der Waals surface area contributed by atoms with Crippen molar-refractivity contribution >= 4 is 112 Å². The van der Waals surface area contributed by atoms with Gasteiger partial charge in [-0.15, -0.1) is 0 Å². The van der Waals surface area contributed by atoms with Gasteiger partial charge in [0.15, 0.2) is 0 Å². The first-order valence-electron chi connectivity index (χ1n) is 13.2. The van der Waals surface area contributed by atoms with Gasteiger partial charge in [0.05, 0.1) is 44.5 Å². The number of carboxylic acid groups (broad SMARTS) is 8. The molecule has 8 N–H and O–H groups in total. The summed E-state index contributed by atoms with van der Waals surface area (Å²) in [4.78, 5) is 102. The van der Waals surface area contributed by atoms with Crippen molar-refractivity contribution < 1.29 is 79.2 Å². The first-order valence-corrected chi connectivity index (χ1v) is 13.2. The van der Waals surface area contributed by atoms with Gasteiger partial charge in [-0.25, -0.2) is 38.4 Å². The molecule has 0 bridgehead atoms. The average molecular weight is 652 g/mol. The van der Waals surface area contributed by atoms with E-state index in [1.807, 2.05) is 0 Å². The second-order valence-corrected chi connectivity index (χ2v) is 10.8. The average Bonchev–Trinajstić information content (AvgIpc) is 2.99. The van der Waals surface area contributed by atoms with Crippen molar-refractivity contribution in [2.24, 2.45) is 0 Å². The molecule has 236 valence electrons. The molecule has 0 unspecified atom stereocenters. The smallest absolute Gasteiger partial charge is 0.337 e. The standard InChI is InChI=1S/C32H12O16/c33-25(34)9-1-5-15-16-6(20(30(43)44)19(5)29(41)42)3-11(27(37)38)14-12(28(39)40)4-8-18(24(14)16)17-7(21(31(45)46)22(8)32(47)48)2-10(26(35)36)13(9)23(15)17/h1-4H,(H,33,34)(H,35,36)(H,37,38)(H,39,40)(H,41,42)(H,43,44)(H,45,46)(H,47,48). The van der Waals surface area contributed by atoms with Crippen molar-refractivity contribution in [2.75, 3.05) is 0 Å². The van der Waals surface area contributed by atoms with Gasteiger partial charge in [-0.3, -0.25) is 0 Å². The minimum absolute atomic E-state index is 0.349. The quantitative estimate of drug-likeness (QED) is 0.0827. The molecule has 0 atom stereocenters. The van der Waals surface area contributed by atoms with Crippen LogP contribution >= 0.6 is 0 Å². The summed E-state index contributed by atoms with van der Waals surface area (Å²) in [5.74, 6) is -14.9. The van der Waals surface area contributed by atoms with E-state index in [1.54, 1.807) is 0 Å². The monoisotopic (exact) mass is 652 g/mol. The van der Waals surface area contributed by atoms with Gasteiger partial charge in [0.25, 0.3) is 0 Å². The summed E-state index contributed by atoms with van der Waals surface area (Å²) in [6.07, 6.45) is 0. The Bertz CT molecular complexity index is 2420. The Hall–Kier alpha value is -7.36. The summed E-state index contributed by atoms with van der Waals surface area (Å²) in [6, 6.07) is 2.88. The Morgan fingerprint density at radius 3 is 0.604 bits per heavy atom. The Labute approximate surface area is 260 Å². The van der Waals surface area contributed by atoms with Gasteiger partial charge in [-0.2, -0.15) is 0 Å². The number of carboxylic acids is 8. The number of benzene rings is 7. The molecule has 0 fully saturated rings. The lowest BCUT2D eigenvalue weighted by atomic mass is 9.75. The largest absolute Gasteiger partial charge is 0.478 e. The first kappa shape index (κ1) is 29.4. The zero-order valence-electron chi connectivity index (χ0n) is 23.2. The fraction of sp³-hybridized carbons (Fsp3) is 0. The Balaban J connectivity index is 2.12. The van der Waals surface area contributed by atoms with Gasteiger partial charge < -0.3 is 40.9 Å². The molecule has 7 aromatic rings. The molecule has 0 amide bonds. The van der Waals surface area contributed by atoms with Crippen LogP contribution in [0.5, 0.6) is 0 Å². The third-order valence-electron chi connectivity index (χ3n) is 8.66. The molecule has 7 aromatic carbocycles. The molecule has 0 aliphatic rings. The van der Waals surface area contributed by atoms with Crippen LogP contribution < -0.4 is 0 Å². The number of rotatable bonds is 8. The lowest BCUT2D eigenvalue weighted by molar-refractivity contribution is 0.0654. The molecular formula is C32H12O16. The van der Waals surface area contributed by atoms with E-state index >= 15 is 0 Å². The molecule has 0 aliphatic carbocycles. The highest BCUT2D eigenvalue weighted by Crippen LogP contribution is 2.54. The molecule has 0 spiro atoms. The molecule has 0 radical (unpaired) electrons. The minimum Gasteiger partial charge on any atom is -0.478 e. The van der Waals surface area contributed by atoms with Crippen LogP contribution in [0.15, 0.2) is 24.3 Å². The van der Waals surface area contributed by atoms with Crippen LogP contribution in [0.25, 0.3) is 64.6 Å². The van der Waals surface area contributed by atoms with Crippen LogP contribution in [0.4, 0.5) is 0 Å². The predicted molar refractivity (Wildman–Crippen MR) is 161 cm³/mol. The van der Waals surface area contributed by atoms with Gasteiger partial charge in [0.1, 0.15) is 0 Å². The topological polar surface area (TPSA) is 298 Å². The molecule has 16 heteroatoms. The summed E-state index contributed by atoms with van der Waals surface area (Å²) in [7, 11) is 0. The van der Waals surface area contributed by atoms with Crippen molar-refractivity contribution in [1.82, 2.24) is 0 Å². The van der Waals surface area contributed by atoms with E-state index in [0.717, 1.165) is 24.3 Å². The van der Waals surface area contributed by atoms with Crippen molar-refractivity contribution in [3.8, 4) is 0 Å². The summed E-state index contributed by atoms with van der Waals surface area (Å²) in [5.41, 5.74) is -7.50. The van der Waals surface area contributed by atoms with Crippen LogP contribution in [-0.4, -0.2) is 88.6 Å². The Morgan fingerprint density at radius 1 is 0.271 bits per heavy atom. The molecule has 0 aromatic heterocycles. The summed E-state index contributed by atoms with van der Waals surface area (Å²) >= 11 is 0. The molecule has 0 saturated carbocycles. The maximum absolute atomic E-state index is 12.8. The fourth-order valence-corrected chi connectivity index (χ4v) is 7.20. The van der Waals surface area contributed by atoms with Crippen LogP contribution in [0, 0.1) is 0 Å². The van der Waals surface area contributed by atoms with E-state index in [2.05, 4.69) is 0 Å². The number of hydrogen-bond donors (Lipinski definition) is 8. The van der Waals surface area contributed by atoms with Gasteiger partial charge >= 0.3 is 47.8 Å². The van der Waals surface area contributed by atoms with E-state index in [9.17, 15) is 79.2 Å². The van der Waals surface area contributed by atoms with E-state index < -0.39 is 135 Å². The normalized spacial score (nSPS) is 11.8. The minimum atomic E-state index is -1.92. The summed E-state index contributed by atoms with van der Waals surface area (Å²) in [6.45, 7) is 0. The van der Waals surface area contributed by atoms with E-state index in [4.69, 9.17) is 0 Å². The second-order valence-electron chi connectivity index (χ2n) is 10.8. The third kappa shape index (κ3) is 3.31. The molecule has 16 nitrogen and oxygen atoms in total. The predicted octanol–water partition coefficient (Wildman–Crippen LogP) is 4.50.